The molecule has 1 unspecified atom stereocenters. The highest BCUT2D eigenvalue weighted by atomic mass is 79.9. The van der Waals surface area contributed by atoms with Crippen LogP contribution in [0.2, 0.25) is 0 Å². The Morgan fingerprint density at radius 2 is 1.69 bits per heavy atom. The molecule has 1 aliphatic rings. The molecular weight excluding hydrogens is 470 g/mol. The second-order valence-corrected chi connectivity index (χ2v) is 9.80. The number of carbonyl (C=O) groups is 2. The molecule has 1 atom stereocenters. The van der Waals surface area contributed by atoms with Gasteiger partial charge in [-0.1, -0.05) is 73.1 Å². The first-order valence-corrected chi connectivity index (χ1v) is 11.1. The van der Waals surface area contributed by atoms with Crippen LogP contribution in [-0.4, -0.2) is 21.7 Å². The zero-order chi connectivity index (χ0) is 23.0. The fourth-order valence-corrected chi connectivity index (χ4v) is 4.15. The van der Waals surface area contributed by atoms with E-state index in [0.29, 0.717) is 11.3 Å². The second kappa shape index (κ2) is 8.43. The van der Waals surface area contributed by atoms with E-state index in [2.05, 4.69) is 36.7 Å². The zero-order valence-electron chi connectivity index (χ0n) is 18.1. The average molecular weight is 494 g/mol. The molecule has 2 heterocycles. The summed E-state index contributed by atoms with van der Waals surface area (Å²) in [6.07, 6.45) is 1.53. The number of ketones is 1. The Kier molecular flexibility index (Phi) is 5.82. The molecule has 1 saturated heterocycles. The van der Waals surface area contributed by atoms with Crippen molar-refractivity contribution in [3.05, 3.63) is 99.4 Å². The van der Waals surface area contributed by atoms with Crippen molar-refractivity contribution in [1.29, 1.82) is 0 Å². The number of amides is 1. The van der Waals surface area contributed by atoms with Gasteiger partial charge in [-0.15, -0.1) is 0 Å². The molecule has 0 aliphatic carbocycles. The van der Waals surface area contributed by atoms with E-state index in [1.54, 1.807) is 36.4 Å². The lowest BCUT2D eigenvalue weighted by atomic mass is 9.85. The summed E-state index contributed by atoms with van der Waals surface area (Å²) in [5.41, 5.74) is 2.40. The number of carbonyl (C=O) groups excluding carboxylic acids is 2. The Bertz CT molecular complexity index is 1170. The number of furan rings is 1. The number of hydrogen-bond donors (Lipinski definition) is 1. The van der Waals surface area contributed by atoms with Gasteiger partial charge < -0.3 is 14.4 Å². The van der Waals surface area contributed by atoms with Gasteiger partial charge in [0.15, 0.2) is 0 Å². The van der Waals surface area contributed by atoms with Gasteiger partial charge in [0.05, 0.1) is 24.4 Å². The molecular formula is C26H24BrNO4. The van der Waals surface area contributed by atoms with E-state index in [4.69, 9.17) is 4.42 Å². The van der Waals surface area contributed by atoms with Gasteiger partial charge in [0.25, 0.3) is 11.7 Å². The van der Waals surface area contributed by atoms with Crippen molar-refractivity contribution in [3.63, 3.8) is 0 Å². The van der Waals surface area contributed by atoms with E-state index in [1.165, 1.54) is 11.2 Å². The van der Waals surface area contributed by atoms with Crippen LogP contribution in [0.15, 0.2) is 81.4 Å². The van der Waals surface area contributed by atoms with Gasteiger partial charge in [-0.2, -0.15) is 0 Å². The van der Waals surface area contributed by atoms with E-state index >= 15 is 0 Å². The number of aliphatic hydroxyl groups is 1. The first-order chi connectivity index (χ1) is 15.2. The predicted molar refractivity (Wildman–Crippen MR) is 126 cm³/mol. The molecule has 1 amide bonds. The third kappa shape index (κ3) is 4.15. The minimum atomic E-state index is -0.724. The minimum absolute atomic E-state index is 0.0358. The van der Waals surface area contributed by atoms with E-state index in [9.17, 15) is 14.7 Å². The van der Waals surface area contributed by atoms with Gasteiger partial charge in [0.1, 0.15) is 11.5 Å². The molecule has 2 aromatic carbocycles. The Morgan fingerprint density at radius 1 is 1.03 bits per heavy atom. The highest BCUT2D eigenvalue weighted by Crippen LogP contribution is 2.41. The number of aliphatic hydroxyl groups excluding tert-OH is 1. The summed E-state index contributed by atoms with van der Waals surface area (Å²) in [7, 11) is 0. The summed E-state index contributed by atoms with van der Waals surface area (Å²) in [5.74, 6) is -0.999. The molecule has 32 heavy (non-hydrogen) atoms. The molecule has 1 N–H and O–H groups in total. The lowest BCUT2D eigenvalue weighted by molar-refractivity contribution is -0.140. The van der Waals surface area contributed by atoms with Crippen molar-refractivity contribution < 1.29 is 19.1 Å². The van der Waals surface area contributed by atoms with Crippen molar-refractivity contribution in [3.8, 4) is 0 Å². The largest absolute Gasteiger partial charge is 0.507 e. The molecule has 0 saturated carbocycles. The molecule has 1 aromatic heterocycles. The maximum atomic E-state index is 13.1. The number of hydrogen-bond acceptors (Lipinski definition) is 4. The molecule has 6 heteroatoms. The van der Waals surface area contributed by atoms with Crippen LogP contribution in [0.25, 0.3) is 5.76 Å². The van der Waals surface area contributed by atoms with Crippen molar-refractivity contribution >= 4 is 33.4 Å². The van der Waals surface area contributed by atoms with Gasteiger partial charge in [0.2, 0.25) is 0 Å². The van der Waals surface area contributed by atoms with Crippen LogP contribution in [0.1, 0.15) is 49.3 Å². The molecule has 1 aliphatic heterocycles. The van der Waals surface area contributed by atoms with Crippen LogP contribution in [0, 0.1) is 0 Å². The first-order valence-electron chi connectivity index (χ1n) is 10.3. The van der Waals surface area contributed by atoms with Crippen LogP contribution < -0.4 is 0 Å². The minimum Gasteiger partial charge on any atom is -0.507 e. The third-order valence-corrected chi connectivity index (χ3v) is 6.19. The topological polar surface area (TPSA) is 70.8 Å². The number of rotatable bonds is 4. The molecule has 5 nitrogen and oxygen atoms in total. The van der Waals surface area contributed by atoms with Crippen molar-refractivity contribution in [2.75, 3.05) is 0 Å². The van der Waals surface area contributed by atoms with E-state index in [1.807, 2.05) is 24.3 Å². The number of halogens is 1. The lowest BCUT2D eigenvalue weighted by Crippen LogP contribution is -2.29. The first kappa shape index (κ1) is 22.1. The van der Waals surface area contributed by atoms with Crippen molar-refractivity contribution in [2.24, 2.45) is 0 Å². The van der Waals surface area contributed by atoms with Crippen LogP contribution in [-0.2, 0) is 21.5 Å². The average Bonchev–Trinajstić information content (AvgIpc) is 3.36. The van der Waals surface area contributed by atoms with Crippen molar-refractivity contribution in [1.82, 2.24) is 4.90 Å². The zero-order valence-corrected chi connectivity index (χ0v) is 19.7. The van der Waals surface area contributed by atoms with Crippen LogP contribution in [0.4, 0.5) is 0 Å². The van der Waals surface area contributed by atoms with Crippen LogP contribution >= 0.6 is 15.9 Å². The van der Waals surface area contributed by atoms with Crippen LogP contribution in [0.5, 0.6) is 0 Å². The van der Waals surface area contributed by atoms with E-state index < -0.39 is 17.7 Å². The van der Waals surface area contributed by atoms with Gasteiger partial charge in [-0.05, 0) is 40.8 Å². The van der Waals surface area contributed by atoms with E-state index in [0.717, 1.165) is 15.6 Å². The Morgan fingerprint density at radius 3 is 2.25 bits per heavy atom. The summed E-state index contributed by atoms with van der Waals surface area (Å²) in [5, 5.41) is 11.1. The van der Waals surface area contributed by atoms with Crippen molar-refractivity contribution in [2.45, 2.75) is 38.8 Å². The quantitative estimate of drug-likeness (QED) is 0.276. The highest BCUT2D eigenvalue weighted by molar-refractivity contribution is 9.10. The third-order valence-electron chi connectivity index (χ3n) is 5.66. The molecule has 164 valence electrons. The number of Topliss-reactive ketones (excluding diaryl/α,β-unsaturated/α-hetero) is 1. The van der Waals surface area contributed by atoms with Gasteiger partial charge in [-0.3, -0.25) is 9.59 Å². The predicted octanol–water partition coefficient (Wildman–Crippen LogP) is 5.96. The molecule has 1 fully saturated rings. The molecule has 3 aromatic rings. The summed E-state index contributed by atoms with van der Waals surface area (Å²) in [6.45, 7) is 6.50. The monoisotopic (exact) mass is 493 g/mol. The Hall–Kier alpha value is -3.12. The highest BCUT2D eigenvalue weighted by Gasteiger charge is 2.46. The number of likely N-dealkylation sites (tertiary alicyclic amines) is 1. The van der Waals surface area contributed by atoms with Gasteiger partial charge in [0, 0.05) is 10.0 Å². The molecule has 0 bridgehead atoms. The molecule has 0 radical (unpaired) electrons. The maximum absolute atomic E-state index is 13.1. The number of benzene rings is 2. The normalized spacial score (nSPS) is 18.4. The summed E-state index contributed by atoms with van der Waals surface area (Å²) < 4.78 is 6.28. The summed E-state index contributed by atoms with van der Waals surface area (Å²) >= 11 is 3.38. The fourth-order valence-electron chi connectivity index (χ4n) is 3.89. The summed E-state index contributed by atoms with van der Waals surface area (Å²) in [4.78, 5) is 27.6. The Labute approximate surface area is 195 Å². The Balaban J connectivity index is 1.85. The number of nitrogens with zero attached hydrogens (tertiary/aromatic N) is 1. The summed E-state index contributed by atoms with van der Waals surface area (Å²) in [6, 6.07) is 17.6. The molecule has 0 spiro atoms. The maximum Gasteiger partial charge on any atom is 0.296 e. The fraction of sp³-hybridized carbons (Fsp3) is 0.231. The van der Waals surface area contributed by atoms with Crippen LogP contribution in [0.3, 0.4) is 0 Å². The van der Waals surface area contributed by atoms with Gasteiger partial charge in [-0.25, -0.2) is 0 Å². The molecule has 4 rings (SSSR count). The van der Waals surface area contributed by atoms with E-state index in [-0.39, 0.29) is 23.3 Å². The second-order valence-electron chi connectivity index (χ2n) is 8.89. The standard InChI is InChI=1S/C26H24BrNO4/c1-26(2,3)18-10-6-16(7-11-18)22-21(23(29)17-8-12-19(27)13-9-17)24(30)25(31)28(22)15-20-5-4-14-32-20/h4-14,22,29H,15H2,1-3H3/b23-21+. The van der Waals surface area contributed by atoms with Gasteiger partial charge >= 0.3 is 0 Å². The SMILES string of the molecule is CC(C)(C)c1ccc(C2/C(=C(\O)c3ccc(Br)cc3)C(=O)C(=O)N2Cc2ccco2)cc1. The lowest BCUT2D eigenvalue weighted by Gasteiger charge is -2.26. The smallest absolute Gasteiger partial charge is 0.296 e.